The highest BCUT2D eigenvalue weighted by molar-refractivity contribution is 5.88. The van der Waals surface area contributed by atoms with Gasteiger partial charge in [-0.15, -0.1) is 0 Å². The molecule has 122 valence electrons. The Bertz CT molecular complexity index is 539. The van der Waals surface area contributed by atoms with Crippen LogP contribution in [0.4, 0.5) is 23.7 Å². The van der Waals surface area contributed by atoms with E-state index < -0.39 is 17.8 Å². The van der Waals surface area contributed by atoms with Crippen molar-refractivity contribution in [2.24, 2.45) is 5.73 Å². The quantitative estimate of drug-likeness (QED) is 0.896. The fourth-order valence-corrected chi connectivity index (χ4v) is 2.43. The maximum absolute atomic E-state index is 13.0. The molecule has 0 radical (unpaired) electrons. The van der Waals surface area contributed by atoms with Crippen molar-refractivity contribution in [3.8, 4) is 0 Å². The van der Waals surface area contributed by atoms with Gasteiger partial charge in [-0.1, -0.05) is 0 Å². The number of carbonyl (C=O) groups excluding carboxylic acids is 1. The number of nitrogens with two attached hydrogens (primary N) is 1. The summed E-state index contributed by atoms with van der Waals surface area (Å²) in [5.74, 6) is 0. The molecule has 1 aliphatic heterocycles. The van der Waals surface area contributed by atoms with Gasteiger partial charge in [0, 0.05) is 38.4 Å². The highest BCUT2D eigenvalue weighted by atomic mass is 19.4. The number of nitrogens with one attached hydrogen (secondary N) is 1. The van der Waals surface area contributed by atoms with Gasteiger partial charge in [-0.25, -0.2) is 4.79 Å². The summed E-state index contributed by atoms with van der Waals surface area (Å²) in [6, 6.07) is 2.64. The molecule has 5 nitrogen and oxygen atoms in total. The summed E-state index contributed by atoms with van der Waals surface area (Å²) >= 11 is 0. The molecule has 0 aliphatic carbocycles. The Morgan fingerprint density at radius 3 is 2.41 bits per heavy atom. The lowest BCUT2D eigenvalue weighted by atomic mass is 10.1. The number of anilines is 1. The number of amides is 2. The van der Waals surface area contributed by atoms with Crippen LogP contribution in [0.15, 0.2) is 18.2 Å². The van der Waals surface area contributed by atoms with Gasteiger partial charge in [0.05, 0.1) is 5.56 Å². The molecule has 2 rings (SSSR count). The number of alkyl halides is 3. The summed E-state index contributed by atoms with van der Waals surface area (Å²) in [4.78, 5) is 15.1. The lowest BCUT2D eigenvalue weighted by Gasteiger charge is -2.32. The van der Waals surface area contributed by atoms with Crippen LogP contribution in [0, 0.1) is 0 Å². The van der Waals surface area contributed by atoms with E-state index in [1.807, 2.05) is 7.05 Å². The molecule has 0 saturated carbocycles. The Morgan fingerprint density at radius 2 is 1.86 bits per heavy atom. The Kier molecular flexibility index (Phi) is 4.92. The lowest BCUT2D eigenvalue weighted by Crippen LogP contribution is -2.43. The summed E-state index contributed by atoms with van der Waals surface area (Å²) in [6.07, 6.45) is -4.47. The number of likely N-dealkylation sites (N-methyl/N-ethyl adjacent to an activating group) is 1. The standard InChI is InChI=1S/C14H19F3N4O/c1-20-2-4-21(5-3-20)9-10-6-11(14(15,16)17)8-12(7-10)19-13(18)22/h6-8H,2-5,9H2,1H3,(H3,18,19,22). The van der Waals surface area contributed by atoms with Crippen LogP contribution in [0.2, 0.25) is 0 Å². The normalized spacial score (nSPS) is 17.5. The van der Waals surface area contributed by atoms with E-state index in [0.717, 1.165) is 38.3 Å². The smallest absolute Gasteiger partial charge is 0.351 e. The second-order valence-electron chi connectivity index (χ2n) is 5.49. The first kappa shape index (κ1) is 16.6. The van der Waals surface area contributed by atoms with Gasteiger partial charge in [0.1, 0.15) is 0 Å². The fraction of sp³-hybridized carbons (Fsp3) is 0.500. The number of primary amides is 1. The lowest BCUT2D eigenvalue weighted by molar-refractivity contribution is -0.137. The van der Waals surface area contributed by atoms with Crippen LogP contribution in [0.1, 0.15) is 11.1 Å². The number of nitrogens with zero attached hydrogens (tertiary/aromatic N) is 2. The summed E-state index contributed by atoms with van der Waals surface area (Å²) in [6.45, 7) is 3.76. The zero-order chi connectivity index (χ0) is 16.3. The van der Waals surface area contributed by atoms with E-state index >= 15 is 0 Å². The van der Waals surface area contributed by atoms with Crippen molar-refractivity contribution in [3.63, 3.8) is 0 Å². The minimum atomic E-state index is -4.47. The summed E-state index contributed by atoms with van der Waals surface area (Å²) in [5.41, 5.74) is 4.76. The van der Waals surface area contributed by atoms with E-state index in [1.165, 1.54) is 6.07 Å². The van der Waals surface area contributed by atoms with Gasteiger partial charge in [0.25, 0.3) is 0 Å². The van der Waals surface area contributed by atoms with Crippen molar-refractivity contribution < 1.29 is 18.0 Å². The molecule has 2 amide bonds. The maximum Gasteiger partial charge on any atom is 0.416 e. The number of halogens is 3. The van der Waals surface area contributed by atoms with E-state index in [2.05, 4.69) is 15.1 Å². The molecule has 3 N–H and O–H groups in total. The Hall–Kier alpha value is -1.80. The predicted octanol–water partition coefficient (Wildman–Crippen LogP) is 1.94. The molecule has 1 aromatic rings. The van der Waals surface area contributed by atoms with Crippen LogP contribution >= 0.6 is 0 Å². The van der Waals surface area contributed by atoms with Crippen molar-refractivity contribution in [2.75, 3.05) is 38.5 Å². The van der Waals surface area contributed by atoms with Gasteiger partial charge in [-0.05, 0) is 30.8 Å². The van der Waals surface area contributed by atoms with E-state index in [-0.39, 0.29) is 5.69 Å². The van der Waals surface area contributed by atoms with Gasteiger partial charge < -0.3 is 16.0 Å². The van der Waals surface area contributed by atoms with E-state index in [9.17, 15) is 18.0 Å². The van der Waals surface area contributed by atoms with Crippen LogP contribution < -0.4 is 11.1 Å². The molecule has 0 bridgehead atoms. The SMILES string of the molecule is CN1CCN(Cc2cc(NC(N)=O)cc(C(F)(F)F)c2)CC1. The summed E-state index contributed by atoms with van der Waals surface area (Å²) < 4.78 is 38.9. The van der Waals surface area contributed by atoms with E-state index in [1.54, 1.807) is 0 Å². The number of piperazine rings is 1. The first-order valence-corrected chi connectivity index (χ1v) is 6.92. The third-order valence-corrected chi connectivity index (χ3v) is 3.59. The molecule has 1 aliphatic rings. The van der Waals surface area contributed by atoms with Crippen LogP contribution in [-0.2, 0) is 12.7 Å². The molecule has 0 unspecified atom stereocenters. The van der Waals surface area contributed by atoms with Gasteiger partial charge in [0.15, 0.2) is 0 Å². The largest absolute Gasteiger partial charge is 0.416 e. The number of carbonyl (C=O) groups is 1. The highest BCUT2D eigenvalue weighted by Crippen LogP contribution is 2.32. The van der Waals surface area contributed by atoms with Crippen molar-refractivity contribution in [3.05, 3.63) is 29.3 Å². The first-order chi connectivity index (χ1) is 10.2. The van der Waals surface area contributed by atoms with Crippen LogP contribution in [-0.4, -0.2) is 49.1 Å². The molecule has 1 saturated heterocycles. The van der Waals surface area contributed by atoms with Crippen LogP contribution in [0.3, 0.4) is 0 Å². The van der Waals surface area contributed by atoms with Crippen LogP contribution in [0.5, 0.6) is 0 Å². The monoisotopic (exact) mass is 316 g/mol. The number of rotatable bonds is 3. The second-order valence-corrected chi connectivity index (χ2v) is 5.49. The first-order valence-electron chi connectivity index (χ1n) is 6.92. The Labute approximate surface area is 126 Å². The zero-order valence-corrected chi connectivity index (χ0v) is 12.3. The predicted molar refractivity (Wildman–Crippen MR) is 77.4 cm³/mol. The third-order valence-electron chi connectivity index (χ3n) is 3.59. The van der Waals surface area contributed by atoms with Gasteiger partial charge in [-0.3, -0.25) is 4.90 Å². The topological polar surface area (TPSA) is 61.6 Å². The summed E-state index contributed by atoms with van der Waals surface area (Å²) in [7, 11) is 2.01. The van der Waals surface area contributed by atoms with E-state index in [0.29, 0.717) is 12.1 Å². The third kappa shape index (κ3) is 4.60. The number of hydrogen-bond donors (Lipinski definition) is 2. The molecule has 1 heterocycles. The Balaban J connectivity index is 2.20. The fourth-order valence-electron chi connectivity index (χ4n) is 2.43. The van der Waals surface area contributed by atoms with Gasteiger partial charge in [-0.2, -0.15) is 13.2 Å². The van der Waals surface area contributed by atoms with Crippen molar-refractivity contribution in [1.29, 1.82) is 0 Å². The van der Waals surface area contributed by atoms with Crippen molar-refractivity contribution in [2.45, 2.75) is 12.7 Å². The number of benzene rings is 1. The van der Waals surface area contributed by atoms with Gasteiger partial charge >= 0.3 is 12.2 Å². The minimum Gasteiger partial charge on any atom is -0.351 e. The molecule has 0 aromatic heterocycles. The molecule has 1 fully saturated rings. The molecule has 8 heteroatoms. The number of hydrogen-bond acceptors (Lipinski definition) is 3. The minimum absolute atomic E-state index is 0.0615. The number of urea groups is 1. The molecule has 22 heavy (non-hydrogen) atoms. The Morgan fingerprint density at radius 1 is 1.23 bits per heavy atom. The van der Waals surface area contributed by atoms with Crippen molar-refractivity contribution >= 4 is 11.7 Å². The molecule has 0 atom stereocenters. The average molecular weight is 316 g/mol. The average Bonchev–Trinajstić information content (AvgIpc) is 2.39. The molecule has 1 aromatic carbocycles. The van der Waals surface area contributed by atoms with Crippen LogP contribution in [0.25, 0.3) is 0 Å². The summed E-state index contributed by atoms with van der Waals surface area (Å²) in [5, 5.41) is 2.21. The van der Waals surface area contributed by atoms with E-state index in [4.69, 9.17) is 5.73 Å². The van der Waals surface area contributed by atoms with Gasteiger partial charge in [0.2, 0.25) is 0 Å². The van der Waals surface area contributed by atoms with Crippen molar-refractivity contribution in [1.82, 2.24) is 9.80 Å². The zero-order valence-electron chi connectivity index (χ0n) is 12.3. The molecular formula is C14H19F3N4O. The maximum atomic E-state index is 13.0. The molecular weight excluding hydrogens is 297 g/mol. The second kappa shape index (κ2) is 6.53. The highest BCUT2D eigenvalue weighted by Gasteiger charge is 2.31. The molecule has 0 spiro atoms.